The highest BCUT2D eigenvalue weighted by molar-refractivity contribution is 6.37. The summed E-state index contributed by atoms with van der Waals surface area (Å²) >= 11 is 24.7. The van der Waals surface area contributed by atoms with Crippen LogP contribution >= 0.6 is 46.4 Å². The molecule has 2 unspecified atom stereocenters. The molecule has 2 atom stereocenters. The molecule has 0 radical (unpaired) electrons. The molecule has 0 aromatic heterocycles. The molecule has 36 heavy (non-hydrogen) atoms. The van der Waals surface area contributed by atoms with Crippen molar-refractivity contribution in [1.29, 1.82) is 0 Å². The van der Waals surface area contributed by atoms with Crippen molar-refractivity contribution in [1.82, 2.24) is 10.6 Å². The lowest BCUT2D eigenvalue weighted by Crippen LogP contribution is -2.50. The van der Waals surface area contributed by atoms with Crippen LogP contribution in [0.3, 0.4) is 0 Å². The summed E-state index contributed by atoms with van der Waals surface area (Å²) in [6.45, 7) is 6.99. The van der Waals surface area contributed by atoms with Gasteiger partial charge in [-0.05, 0) is 66.5 Å². The molecule has 2 aromatic rings. The third-order valence-electron chi connectivity index (χ3n) is 6.28. The number of halogens is 4. The second kappa shape index (κ2) is 12.0. The van der Waals surface area contributed by atoms with Crippen molar-refractivity contribution in [3.8, 4) is 0 Å². The van der Waals surface area contributed by atoms with E-state index in [0.717, 1.165) is 19.3 Å². The molecule has 1 saturated carbocycles. The van der Waals surface area contributed by atoms with Gasteiger partial charge in [0.25, 0.3) is 0 Å². The summed E-state index contributed by atoms with van der Waals surface area (Å²) in [5.41, 5.74) is 1.02. The van der Waals surface area contributed by atoms with Crippen molar-refractivity contribution < 1.29 is 9.59 Å². The largest absolute Gasteiger partial charge is 0.352 e. The Morgan fingerprint density at radius 2 is 1.31 bits per heavy atom. The van der Waals surface area contributed by atoms with Gasteiger partial charge in [-0.25, -0.2) is 0 Å². The minimum atomic E-state index is -0.226. The quantitative estimate of drug-likeness (QED) is 0.335. The van der Waals surface area contributed by atoms with E-state index in [0.29, 0.717) is 37.8 Å². The topological polar surface area (TPSA) is 58.2 Å². The van der Waals surface area contributed by atoms with E-state index in [2.05, 4.69) is 31.4 Å². The number of amides is 2. The molecule has 2 N–H and O–H groups in total. The van der Waals surface area contributed by atoms with Crippen LogP contribution in [0.25, 0.3) is 12.2 Å². The van der Waals surface area contributed by atoms with E-state index in [1.54, 1.807) is 48.6 Å². The number of benzene rings is 2. The first-order valence-electron chi connectivity index (χ1n) is 11.7. The molecule has 1 fully saturated rings. The van der Waals surface area contributed by atoms with Gasteiger partial charge in [-0.3, -0.25) is 9.59 Å². The molecule has 2 aromatic carbocycles. The van der Waals surface area contributed by atoms with Gasteiger partial charge in [-0.2, -0.15) is 0 Å². The lowest BCUT2D eigenvalue weighted by Gasteiger charge is -2.46. The number of carbonyl (C=O) groups excluding carboxylic acids is 2. The zero-order valence-corrected chi connectivity index (χ0v) is 23.5. The molecule has 1 aliphatic carbocycles. The molecule has 0 heterocycles. The van der Waals surface area contributed by atoms with E-state index >= 15 is 0 Å². The Bertz CT molecular complexity index is 1150. The van der Waals surface area contributed by atoms with Gasteiger partial charge in [-0.1, -0.05) is 79.3 Å². The zero-order chi connectivity index (χ0) is 26.5. The van der Waals surface area contributed by atoms with Gasteiger partial charge in [0.05, 0.1) is 0 Å². The van der Waals surface area contributed by atoms with E-state index in [9.17, 15) is 9.59 Å². The summed E-state index contributed by atoms with van der Waals surface area (Å²) < 4.78 is 0. The molecule has 192 valence electrons. The number of rotatable bonds is 7. The van der Waals surface area contributed by atoms with Crippen LogP contribution in [-0.4, -0.2) is 24.4 Å². The minimum Gasteiger partial charge on any atom is -0.352 e. The Hall–Kier alpha value is -1.98. The molecule has 1 aliphatic rings. The molecule has 2 amide bonds. The molecular weight excluding hydrogens is 538 g/mol. The fraction of sp³-hybridized carbons (Fsp3) is 0.357. The third kappa shape index (κ3) is 8.01. The molecule has 8 heteroatoms. The van der Waals surface area contributed by atoms with Crippen LogP contribution in [0.1, 0.15) is 51.2 Å². The predicted molar refractivity (Wildman–Crippen MR) is 152 cm³/mol. The average molecular weight is 568 g/mol. The SMILES string of the molecule is CC1(C)CC(NC(=O)/C=C/c2c(Cl)cccc2Cl)CC(C)(CNC(=O)/C=C/c2c(Cl)cccc2Cl)C1. The van der Waals surface area contributed by atoms with Crippen molar-refractivity contribution in [2.24, 2.45) is 10.8 Å². The number of nitrogens with one attached hydrogen (secondary N) is 2. The van der Waals surface area contributed by atoms with Crippen LogP contribution in [0.2, 0.25) is 20.1 Å². The van der Waals surface area contributed by atoms with Gasteiger partial charge in [0, 0.05) is 56.0 Å². The first-order chi connectivity index (χ1) is 16.9. The highest BCUT2D eigenvalue weighted by Crippen LogP contribution is 2.45. The summed E-state index contributed by atoms with van der Waals surface area (Å²) in [7, 11) is 0. The molecule has 4 nitrogen and oxygen atoms in total. The van der Waals surface area contributed by atoms with Gasteiger partial charge in [-0.15, -0.1) is 0 Å². The van der Waals surface area contributed by atoms with Gasteiger partial charge in [0.15, 0.2) is 0 Å². The number of hydrogen-bond acceptors (Lipinski definition) is 2. The first-order valence-corrected chi connectivity index (χ1v) is 13.2. The Morgan fingerprint density at radius 1 is 0.833 bits per heavy atom. The second-order valence-corrected chi connectivity index (χ2v) is 12.0. The molecule has 0 aliphatic heterocycles. The summed E-state index contributed by atoms with van der Waals surface area (Å²) in [6.07, 6.45) is 8.64. The maximum atomic E-state index is 12.7. The average Bonchev–Trinajstić information content (AvgIpc) is 2.76. The van der Waals surface area contributed by atoms with E-state index in [1.165, 1.54) is 12.2 Å². The van der Waals surface area contributed by atoms with Crippen LogP contribution in [0.5, 0.6) is 0 Å². The summed E-state index contributed by atoms with van der Waals surface area (Å²) in [5, 5.41) is 8.06. The smallest absolute Gasteiger partial charge is 0.244 e. The lowest BCUT2D eigenvalue weighted by atomic mass is 9.62. The standard InChI is InChI=1S/C28H30Cl4N2O2/c1-27(2)14-18(34-26(36)13-11-20-23(31)8-5-9-24(20)32)15-28(3,16-27)17-33-25(35)12-10-19-21(29)6-4-7-22(19)30/h4-13,18H,14-17H2,1-3H3,(H,33,35)(H,34,36)/b12-10+,13-11+. The fourth-order valence-electron chi connectivity index (χ4n) is 5.14. The minimum absolute atomic E-state index is 0.00758. The number of carbonyl (C=O) groups is 2. The van der Waals surface area contributed by atoms with Gasteiger partial charge < -0.3 is 10.6 Å². The van der Waals surface area contributed by atoms with Gasteiger partial charge in [0.2, 0.25) is 11.8 Å². The van der Waals surface area contributed by atoms with E-state index in [1.807, 2.05) is 0 Å². The fourth-order valence-corrected chi connectivity index (χ4v) is 6.18. The summed E-state index contributed by atoms with van der Waals surface area (Å²) in [4.78, 5) is 25.2. The third-order valence-corrected chi connectivity index (χ3v) is 7.60. The normalized spacial score (nSPS) is 21.6. The van der Waals surface area contributed by atoms with Crippen LogP contribution in [-0.2, 0) is 9.59 Å². The van der Waals surface area contributed by atoms with Gasteiger partial charge >= 0.3 is 0 Å². The van der Waals surface area contributed by atoms with Crippen LogP contribution in [0, 0.1) is 10.8 Å². The van der Waals surface area contributed by atoms with E-state index < -0.39 is 0 Å². The van der Waals surface area contributed by atoms with Crippen molar-refractivity contribution in [3.05, 3.63) is 79.8 Å². The van der Waals surface area contributed by atoms with Crippen molar-refractivity contribution >= 4 is 70.4 Å². The van der Waals surface area contributed by atoms with Crippen LogP contribution in [0.4, 0.5) is 0 Å². The van der Waals surface area contributed by atoms with Crippen LogP contribution in [0.15, 0.2) is 48.6 Å². The van der Waals surface area contributed by atoms with E-state index in [4.69, 9.17) is 46.4 Å². The summed E-state index contributed by atoms with van der Waals surface area (Å²) in [6, 6.07) is 10.4. The molecule has 0 spiro atoms. The maximum absolute atomic E-state index is 12.7. The molecule has 3 rings (SSSR count). The summed E-state index contributed by atoms with van der Waals surface area (Å²) in [5.74, 6) is -0.435. The van der Waals surface area contributed by atoms with Crippen LogP contribution < -0.4 is 10.6 Å². The Balaban J connectivity index is 1.61. The highest BCUT2D eigenvalue weighted by Gasteiger charge is 2.41. The molecular formula is C28H30Cl4N2O2. The molecule has 0 saturated heterocycles. The lowest BCUT2D eigenvalue weighted by molar-refractivity contribution is -0.119. The monoisotopic (exact) mass is 566 g/mol. The highest BCUT2D eigenvalue weighted by atomic mass is 35.5. The maximum Gasteiger partial charge on any atom is 0.244 e. The Labute approximate surface area is 233 Å². The van der Waals surface area contributed by atoms with Crippen molar-refractivity contribution in [2.75, 3.05) is 6.54 Å². The van der Waals surface area contributed by atoms with Crippen molar-refractivity contribution in [3.63, 3.8) is 0 Å². The van der Waals surface area contributed by atoms with E-state index in [-0.39, 0.29) is 28.7 Å². The Kier molecular flexibility index (Phi) is 9.56. The Morgan fingerprint density at radius 3 is 1.81 bits per heavy atom. The first kappa shape index (κ1) is 28.6. The predicted octanol–water partition coefficient (Wildman–Crippen LogP) is 7.84. The molecule has 0 bridgehead atoms. The number of hydrogen-bond donors (Lipinski definition) is 2. The van der Waals surface area contributed by atoms with Gasteiger partial charge in [0.1, 0.15) is 0 Å². The van der Waals surface area contributed by atoms with Crippen molar-refractivity contribution in [2.45, 2.75) is 46.1 Å². The zero-order valence-electron chi connectivity index (χ0n) is 20.5. The second-order valence-electron chi connectivity index (χ2n) is 10.4.